The molecule has 0 aliphatic carbocycles. The van der Waals surface area contributed by atoms with Crippen LogP contribution < -0.4 is 5.73 Å². The van der Waals surface area contributed by atoms with Gasteiger partial charge in [0.25, 0.3) is 0 Å². The fourth-order valence-corrected chi connectivity index (χ4v) is 1.20. The van der Waals surface area contributed by atoms with E-state index >= 15 is 0 Å². The second-order valence-corrected chi connectivity index (χ2v) is 3.23. The lowest BCUT2D eigenvalue weighted by Crippen LogP contribution is -2.50. The maximum absolute atomic E-state index is 11.2. The van der Waals surface area contributed by atoms with Crippen LogP contribution in [0, 0.1) is 0 Å². The van der Waals surface area contributed by atoms with E-state index in [1.165, 1.54) is 13.8 Å². The quantitative estimate of drug-likeness (QED) is 0.424. The summed E-state index contributed by atoms with van der Waals surface area (Å²) in [5, 5.41) is 0. The topological polar surface area (TPSA) is 98.9 Å². The normalized spacial score (nSPS) is 12.8. The fraction of sp³-hybridized carbons (Fsp3) is 0.364. The van der Waals surface area contributed by atoms with Crippen molar-refractivity contribution in [3.63, 3.8) is 0 Å². The number of nitrogens with two attached hydrogens (primary N) is 1. The van der Waals surface area contributed by atoms with Gasteiger partial charge in [0.2, 0.25) is 0 Å². The Morgan fingerprint density at radius 1 is 1.06 bits per heavy atom. The minimum atomic E-state index is -0.999. The van der Waals surface area contributed by atoms with Gasteiger partial charge in [0.1, 0.15) is 0 Å². The van der Waals surface area contributed by atoms with Crippen molar-refractivity contribution in [2.24, 2.45) is 5.73 Å². The summed E-state index contributed by atoms with van der Waals surface area (Å²) in [5.74, 6) is -1.45. The Labute approximate surface area is 105 Å². The fourth-order valence-electron chi connectivity index (χ4n) is 1.20. The molecule has 0 aromatic carbocycles. The van der Waals surface area contributed by atoms with Crippen LogP contribution in [0.2, 0.25) is 0 Å². The summed E-state index contributed by atoms with van der Waals surface area (Å²) in [6.45, 7) is 9.25. The summed E-state index contributed by atoms with van der Waals surface area (Å²) >= 11 is 0. The molecular formula is C11H16N2O5. The predicted molar refractivity (Wildman–Crippen MR) is 62.9 cm³/mol. The molecule has 0 spiro atoms. The van der Waals surface area contributed by atoms with E-state index in [9.17, 15) is 14.4 Å². The van der Waals surface area contributed by atoms with Gasteiger partial charge in [0, 0.05) is 12.2 Å². The van der Waals surface area contributed by atoms with E-state index in [-0.39, 0.29) is 0 Å². The van der Waals surface area contributed by atoms with Gasteiger partial charge in [-0.3, -0.25) is 4.90 Å². The summed E-state index contributed by atoms with van der Waals surface area (Å²) in [5.41, 5.74) is 5.13. The standard InChI is InChI=1S/C11H16N2O5/c1-5-9(14)17-7(3)13(11(12)16)8(4)18-10(15)6-2/h5-8H,1-2H2,3-4H3,(H2,12,16). The lowest BCUT2D eigenvalue weighted by Gasteiger charge is -2.31. The lowest BCUT2D eigenvalue weighted by atomic mass is 10.4. The second kappa shape index (κ2) is 7.10. The third-order valence-corrected chi connectivity index (χ3v) is 1.94. The molecule has 2 unspecified atom stereocenters. The smallest absolute Gasteiger partial charge is 0.332 e. The number of rotatable bonds is 6. The van der Waals surface area contributed by atoms with E-state index in [2.05, 4.69) is 13.2 Å². The van der Waals surface area contributed by atoms with E-state index < -0.39 is 30.4 Å². The van der Waals surface area contributed by atoms with Crippen LogP contribution >= 0.6 is 0 Å². The van der Waals surface area contributed by atoms with Crippen molar-refractivity contribution < 1.29 is 23.9 Å². The Morgan fingerprint density at radius 2 is 1.39 bits per heavy atom. The Morgan fingerprint density at radius 3 is 1.61 bits per heavy atom. The van der Waals surface area contributed by atoms with Crippen LogP contribution in [-0.2, 0) is 19.1 Å². The highest BCUT2D eigenvalue weighted by Crippen LogP contribution is 2.09. The number of esters is 2. The molecule has 0 fully saturated rings. The number of carbonyl (C=O) groups is 3. The van der Waals surface area contributed by atoms with Crippen molar-refractivity contribution in [2.75, 3.05) is 0 Å². The summed E-state index contributed by atoms with van der Waals surface area (Å²) in [6, 6.07) is -0.899. The molecule has 7 heteroatoms. The first-order chi connectivity index (χ1) is 8.33. The molecule has 2 N–H and O–H groups in total. The van der Waals surface area contributed by atoms with Gasteiger partial charge in [-0.05, 0) is 13.8 Å². The summed E-state index contributed by atoms with van der Waals surface area (Å²) in [4.78, 5) is 34.1. The molecule has 18 heavy (non-hydrogen) atoms. The van der Waals surface area contributed by atoms with Crippen molar-refractivity contribution in [1.29, 1.82) is 0 Å². The SMILES string of the molecule is C=CC(=O)OC(C)N(C(N)=O)C(C)OC(=O)C=C. The molecule has 0 saturated heterocycles. The Hall–Kier alpha value is -2.31. The van der Waals surface area contributed by atoms with Crippen LogP contribution in [0.15, 0.2) is 25.3 Å². The van der Waals surface area contributed by atoms with Gasteiger partial charge in [-0.2, -0.15) is 0 Å². The highest BCUT2D eigenvalue weighted by Gasteiger charge is 2.27. The van der Waals surface area contributed by atoms with Gasteiger partial charge in [-0.15, -0.1) is 0 Å². The highest BCUT2D eigenvalue weighted by molar-refractivity contribution is 5.82. The number of hydrogen-bond acceptors (Lipinski definition) is 5. The van der Waals surface area contributed by atoms with Gasteiger partial charge in [0.15, 0.2) is 12.5 Å². The minimum Gasteiger partial charge on any atom is -0.438 e. The van der Waals surface area contributed by atoms with Crippen LogP contribution in [0.4, 0.5) is 4.79 Å². The van der Waals surface area contributed by atoms with Gasteiger partial charge >= 0.3 is 18.0 Å². The molecule has 0 rings (SSSR count). The molecule has 0 radical (unpaired) electrons. The van der Waals surface area contributed by atoms with E-state index in [1.807, 2.05) is 0 Å². The molecular weight excluding hydrogens is 240 g/mol. The molecule has 0 saturated carbocycles. The number of primary amides is 1. The van der Waals surface area contributed by atoms with Crippen molar-refractivity contribution in [2.45, 2.75) is 26.3 Å². The summed E-state index contributed by atoms with van der Waals surface area (Å²) < 4.78 is 9.62. The monoisotopic (exact) mass is 256 g/mol. The first-order valence-corrected chi connectivity index (χ1v) is 5.07. The van der Waals surface area contributed by atoms with E-state index in [1.54, 1.807) is 0 Å². The molecule has 7 nitrogen and oxygen atoms in total. The zero-order chi connectivity index (χ0) is 14.3. The Bertz CT molecular complexity index is 338. The average molecular weight is 256 g/mol. The minimum absolute atomic E-state index is 0.726. The molecule has 2 amide bonds. The highest BCUT2D eigenvalue weighted by atomic mass is 16.6. The maximum atomic E-state index is 11.2. The molecule has 100 valence electrons. The molecule has 0 aliphatic heterocycles. The Kier molecular flexibility index (Phi) is 6.19. The largest absolute Gasteiger partial charge is 0.438 e. The van der Waals surface area contributed by atoms with Gasteiger partial charge in [-0.25, -0.2) is 14.4 Å². The predicted octanol–water partition coefficient (Wildman–Crippen LogP) is 0.517. The van der Waals surface area contributed by atoms with E-state index in [0.717, 1.165) is 17.1 Å². The van der Waals surface area contributed by atoms with Crippen LogP contribution in [0.1, 0.15) is 13.8 Å². The molecule has 2 atom stereocenters. The van der Waals surface area contributed by atoms with Crippen LogP contribution in [-0.4, -0.2) is 35.3 Å². The number of hydrogen-bond donors (Lipinski definition) is 1. The molecule has 0 heterocycles. The maximum Gasteiger partial charge on any atom is 0.332 e. The van der Waals surface area contributed by atoms with Gasteiger partial charge in [0.05, 0.1) is 0 Å². The third kappa shape index (κ3) is 4.69. The number of nitrogens with zero attached hydrogens (tertiary/aromatic N) is 1. The molecule has 0 aromatic rings. The second-order valence-electron chi connectivity index (χ2n) is 3.23. The number of carbonyl (C=O) groups excluding carboxylic acids is 3. The van der Waals surface area contributed by atoms with Crippen LogP contribution in [0.25, 0.3) is 0 Å². The third-order valence-electron chi connectivity index (χ3n) is 1.94. The molecule has 0 bridgehead atoms. The van der Waals surface area contributed by atoms with E-state index in [0.29, 0.717) is 0 Å². The Balaban J connectivity index is 4.78. The lowest BCUT2D eigenvalue weighted by molar-refractivity contribution is -0.165. The molecule has 0 aromatic heterocycles. The van der Waals surface area contributed by atoms with Crippen molar-refractivity contribution in [3.05, 3.63) is 25.3 Å². The van der Waals surface area contributed by atoms with E-state index in [4.69, 9.17) is 15.2 Å². The van der Waals surface area contributed by atoms with Crippen molar-refractivity contribution in [3.8, 4) is 0 Å². The van der Waals surface area contributed by atoms with Crippen LogP contribution in [0.3, 0.4) is 0 Å². The van der Waals surface area contributed by atoms with Gasteiger partial charge in [-0.1, -0.05) is 13.2 Å². The summed E-state index contributed by atoms with van der Waals surface area (Å²) in [7, 11) is 0. The van der Waals surface area contributed by atoms with Gasteiger partial charge < -0.3 is 15.2 Å². The van der Waals surface area contributed by atoms with Crippen molar-refractivity contribution in [1.82, 2.24) is 4.90 Å². The number of ether oxygens (including phenoxy) is 2. The van der Waals surface area contributed by atoms with Crippen LogP contribution in [0.5, 0.6) is 0 Å². The number of urea groups is 1. The molecule has 0 aliphatic rings. The first kappa shape index (κ1) is 15.7. The van der Waals surface area contributed by atoms with Crippen molar-refractivity contribution >= 4 is 18.0 Å². The summed E-state index contributed by atoms with van der Waals surface area (Å²) in [6.07, 6.45) is -0.118. The zero-order valence-corrected chi connectivity index (χ0v) is 10.3. The first-order valence-electron chi connectivity index (χ1n) is 5.07. The zero-order valence-electron chi connectivity index (χ0n) is 10.3. The average Bonchev–Trinajstić information content (AvgIpc) is 2.27. The number of amides is 2.